The number of benzene rings is 1. The van der Waals surface area contributed by atoms with Gasteiger partial charge in [-0.2, -0.15) is 0 Å². The van der Waals surface area contributed by atoms with Crippen molar-refractivity contribution in [1.29, 1.82) is 0 Å². The molecule has 0 aliphatic rings. The molecule has 0 aliphatic carbocycles. The van der Waals surface area contributed by atoms with E-state index in [9.17, 15) is 14.7 Å². The number of pyridine rings is 1. The molecule has 7 heteroatoms. The van der Waals surface area contributed by atoms with Crippen LogP contribution in [0.3, 0.4) is 0 Å². The Labute approximate surface area is 167 Å². The Morgan fingerprint density at radius 3 is 2.46 bits per heavy atom. The monoisotopic (exact) mass is 397 g/mol. The number of aromatic amines is 1. The third-order valence-corrected chi connectivity index (χ3v) is 6.03. The minimum absolute atomic E-state index is 0.399. The minimum Gasteiger partial charge on any atom is -0.480 e. The van der Waals surface area contributed by atoms with Crippen molar-refractivity contribution in [2.24, 2.45) is 5.73 Å². The molecule has 2 heterocycles. The maximum atomic E-state index is 11.8. The minimum atomic E-state index is -0.914. The number of carboxylic acids is 1. The number of carbonyl (C=O) groups is 2. The van der Waals surface area contributed by atoms with Crippen LogP contribution in [0.25, 0.3) is 22.3 Å². The summed E-state index contributed by atoms with van der Waals surface area (Å²) >= 11 is 1.30. The molecular weight excluding hydrogens is 374 g/mol. The molecule has 0 fully saturated rings. The second kappa shape index (κ2) is 6.98. The second-order valence-corrected chi connectivity index (χ2v) is 9.46. The zero-order valence-corrected chi connectivity index (χ0v) is 17.1. The SMILES string of the molecule is CC(C)(Sc1ccc2[nH]c(-c3cc(C(C)(C)C(N)=O)ccn3)cc2c1)C(=O)O. The van der Waals surface area contributed by atoms with E-state index in [2.05, 4.69) is 9.97 Å². The standard InChI is InChI=1S/C21H23N3O3S/c1-20(2,18(22)25)13-7-8-23-16(11-13)17-10-12-9-14(5-6-15(12)24-17)28-21(3,4)19(26)27/h5-11,24H,1-4H3,(H2,22,25)(H,26,27). The van der Waals surface area contributed by atoms with E-state index in [-0.39, 0.29) is 0 Å². The molecule has 0 saturated heterocycles. The largest absolute Gasteiger partial charge is 0.480 e. The number of fused-ring (bicyclic) bond motifs is 1. The summed E-state index contributed by atoms with van der Waals surface area (Å²) in [6.45, 7) is 6.94. The number of rotatable bonds is 6. The number of amides is 1. The Morgan fingerprint density at radius 2 is 1.82 bits per heavy atom. The van der Waals surface area contributed by atoms with E-state index in [4.69, 9.17) is 5.73 Å². The Balaban J connectivity index is 1.97. The molecule has 28 heavy (non-hydrogen) atoms. The highest BCUT2D eigenvalue weighted by Gasteiger charge is 2.29. The quantitative estimate of drug-likeness (QED) is 0.546. The van der Waals surface area contributed by atoms with Crippen LogP contribution in [0.15, 0.2) is 47.5 Å². The molecule has 146 valence electrons. The molecule has 0 atom stereocenters. The molecule has 1 aromatic carbocycles. The molecule has 6 nitrogen and oxygen atoms in total. The molecule has 2 aromatic heterocycles. The number of thioether (sulfide) groups is 1. The van der Waals surface area contributed by atoms with Crippen LogP contribution in [-0.4, -0.2) is 31.7 Å². The van der Waals surface area contributed by atoms with Crippen molar-refractivity contribution in [1.82, 2.24) is 9.97 Å². The van der Waals surface area contributed by atoms with E-state index in [0.717, 1.165) is 27.1 Å². The van der Waals surface area contributed by atoms with Crippen LogP contribution in [0.1, 0.15) is 33.3 Å². The summed E-state index contributed by atoms with van der Waals surface area (Å²) in [4.78, 5) is 31.8. The van der Waals surface area contributed by atoms with E-state index < -0.39 is 22.0 Å². The maximum absolute atomic E-state index is 11.8. The van der Waals surface area contributed by atoms with Gasteiger partial charge in [-0.05, 0) is 69.7 Å². The van der Waals surface area contributed by atoms with E-state index in [1.165, 1.54) is 11.8 Å². The van der Waals surface area contributed by atoms with Gasteiger partial charge in [0.15, 0.2) is 0 Å². The summed E-state index contributed by atoms with van der Waals surface area (Å²) in [5.41, 5.74) is 7.98. The van der Waals surface area contributed by atoms with E-state index >= 15 is 0 Å². The van der Waals surface area contributed by atoms with Crippen LogP contribution in [0, 0.1) is 0 Å². The van der Waals surface area contributed by atoms with Crippen LogP contribution in [-0.2, 0) is 15.0 Å². The molecule has 0 radical (unpaired) electrons. The van der Waals surface area contributed by atoms with Gasteiger partial charge in [0, 0.05) is 22.0 Å². The average molecular weight is 398 g/mol. The lowest BCUT2D eigenvalue weighted by Gasteiger charge is -2.21. The van der Waals surface area contributed by atoms with Crippen molar-refractivity contribution in [2.75, 3.05) is 0 Å². The predicted octanol–water partition coefficient (Wildman–Crippen LogP) is 3.95. The Kier molecular flexibility index (Phi) is 4.97. The number of carbonyl (C=O) groups excluding carboxylic acids is 1. The summed E-state index contributed by atoms with van der Waals surface area (Å²) in [5, 5.41) is 10.3. The number of aromatic nitrogens is 2. The van der Waals surface area contributed by atoms with Crippen molar-refractivity contribution in [3.8, 4) is 11.4 Å². The molecule has 4 N–H and O–H groups in total. The highest BCUT2D eigenvalue weighted by atomic mass is 32.2. The molecule has 1 amide bonds. The Hall–Kier alpha value is -2.80. The van der Waals surface area contributed by atoms with E-state index in [1.54, 1.807) is 40.0 Å². The van der Waals surface area contributed by atoms with E-state index in [0.29, 0.717) is 5.69 Å². The molecule has 0 aliphatic heterocycles. The maximum Gasteiger partial charge on any atom is 0.319 e. The summed E-state index contributed by atoms with van der Waals surface area (Å²) in [6, 6.07) is 11.4. The van der Waals surface area contributed by atoms with Crippen LogP contribution in [0.5, 0.6) is 0 Å². The topological polar surface area (TPSA) is 109 Å². The van der Waals surface area contributed by atoms with Crippen LogP contribution in [0.4, 0.5) is 0 Å². The summed E-state index contributed by atoms with van der Waals surface area (Å²) in [6.07, 6.45) is 1.66. The van der Waals surface area contributed by atoms with Crippen LogP contribution < -0.4 is 5.73 Å². The third kappa shape index (κ3) is 3.75. The second-order valence-electron chi connectivity index (χ2n) is 7.77. The highest BCUT2D eigenvalue weighted by Crippen LogP contribution is 2.35. The fourth-order valence-corrected chi connectivity index (χ4v) is 3.76. The first-order valence-corrected chi connectivity index (χ1v) is 9.64. The van der Waals surface area contributed by atoms with Gasteiger partial charge in [-0.3, -0.25) is 14.6 Å². The molecule has 3 rings (SSSR count). The Bertz CT molecular complexity index is 1070. The Morgan fingerprint density at radius 1 is 1.11 bits per heavy atom. The van der Waals surface area contributed by atoms with Crippen molar-refractivity contribution >= 4 is 34.5 Å². The first-order chi connectivity index (χ1) is 13.0. The summed E-state index contributed by atoms with van der Waals surface area (Å²) in [7, 11) is 0. The van der Waals surface area contributed by atoms with Crippen molar-refractivity contribution in [3.63, 3.8) is 0 Å². The number of carboxylic acid groups (broad SMARTS) is 1. The molecule has 0 spiro atoms. The number of H-pyrrole nitrogens is 1. The van der Waals surface area contributed by atoms with Gasteiger partial charge in [-0.25, -0.2) is 0 Å². The smallest absolute Gasteiger partial charge is 0.319 e. The van der Waals surface area contributed by atoms with Gasteiger partial charge in [-0.15, -0.1) is 11.8 Å². The number of hydrogen-bond donors (Lipinski definition) is 3. The summed E-state index contributed by atoms with van der Waals surface area (Å²) < 4.78 is -0.914. The lowest BCUT2D eigenvalue weighted by Crippen LogP contribution is -2.35. The van der Waals surface area contributed by atoms with Gasteiger partial charge >= 0.3 is 5.97 Å². The zero-order chi connectivity index (χ0) is 20.7. The van der Waals surface area contributed by atoms with Gasteiger partial charge in [0.1, 0.15) is 4.75 Å². The number of nitrogens with two attached hydrogens (primary N) is 1. The van der Waals surface area contributed by atoms with Crippen molar-refractivity contribution < 1.29 is 14.7 Å². The zero-order valence-electron chi connectivity index (χ0n) is 16.2. The number of nitrogens with one attached hydrogen (secondary N) is 1. The lowest BCUT2D eigenvalue weighted by molar-refractivity contribution is -0.138. The number of aliphatic carboxylic acids is 1. The van der Waals surface area contributed by atoms with Crippen LogP contribution in [0.2, 0.25) is 0 Å². The van der Waals surface area contributed by atoms with Crippen molar-refractivity contribution in [3.05, 3.63) is 48.2 Å². The first kappa shape index (κ1) is 19.9. The molecule has 0 unspecified atom stereocenters. The average Bonchev–Trinajstić information content (AvgIpc) is 3.04. The van der Waals surface area contributed by atoms with Gasteiger partial charge in [0.25, 0.3) is 0 Å². The summed E-state index contributed by atoms with van der Waals surface area (Å²) in [5.74, 6) is -1.26. The fourth-order valence-electron chi connectivity index (χ4n) is 2.76. The highest BCUT2D eigenvalue weighted by molar-refractivity contribution is 8.01. The fraction of sp³-hybridized carbons (Fsp3) is 0.286. The molecular formula is C21H23N3O3S. The number of primary amides is 1. The number of hydrogen-bond acceptors (Lipinski definition) is 4. The number of nitrogens with zero attached hydrogens (tertiary/aromatic N) is 1. The van der Waals surface area contributed by atoms with E-state index in [1.807, 2.05) is 30.3 Å². The molecule has 0 saturated carbocycles. The van der Waals surface area contributed by atoms with Gasteiger partial charge in [0.2, 0.25) is 5.91 Å². The third-order valence-electron chi connectivity index (χ3n) is 4.85. The molecule has 3 aromatic rings. The van der Waals surface area contributed by atoms with Gasteiger partial charge in [0.05, 0.1) is 16.8 Å². The normalized spacial score (nSPS) is 12.3. The molecule has 0 bridgehead atoms. The van der Waals surface area contributed by atoms with Gasteiger partial charge in [-0.1, -0.05) is 0 Å². The lowest BCUT2D eigenvalue weighted by atomic mass is 9.84. The predicted molar refractivity (Wildman–Crippen MR) is 111 cm³/mol. The van der Waals surface area contributed by atoms with Crippen LogP contribution >= 0.6 is 11.8 Å². The van der Waals surface area contributed by atoms with Crippen molar-refractivity contribution in [2.45, 2.75) is 42.8 Å². The van der Waals surface area contributed by atoms with Gasteiger partial charge < -0.3 is 15.8 Å². The first-order valence-electron chi connectivity index (χ1n) is 8.83.